The highest BCUT2D eigenvalue weighted by Crippen LogP contribution is 2.38. The van der Waals surface area contributed by atoms with E-state index in [4.69, 9.17) is 25.8 Å². The standard InChI is InChI=1S/C24H29ClN4O5/c1-17(30)34-24-21(32-2)12-18(13-22(24)33-3)14-26-27-23(31)16-29-10-8-28(9-11-29)15-19-6-4-5-7-20(19)25/h4-7,12-14H,8-11,15-16H2,1-3H3,(H,27,31)/b26-14-. The van der Waals surface area contributed by atoms with Gasteiger partial charge in [-0.2, -0.15) is 5.10 Å². The number of benzene rings is 2. The van der Waals surface area contributed by atoms with Gasteiger partial charge in [0.2, 0.25) is 5.75 Å². The zero-order valence-corrected chi connectivity index (χ0v) is 20.3. The Labute approximate surface area is 204 Å². The van der Waals surface area contributed by atoms with E-state index in [0.29, 0.717) is 17.1 Å². The van der Waals surface area contributed by atoms with E-state index in [1.54, 1.807) is 12.1 Å². The number of ether oxygens (including phenoxy) is 3. The largest absolute Gasteiger partial charge is 0.493 e. The predicted molar refractivity (Wildman–Crippen MR) is 130 cm³/mol. The van der Waals surface area contributed by atoms with Crippen LogP contribution in [0.25, 0.3) is 0 Å². The van der Waals surface area contributed by atoms with Crippen molar-refractivity contribution >= 4 is 29.7 Å². The molecular formula is C24H29ClN4O5. The molecule has 182 valence electrons. The SMILES string of the molecule is COc1cc(/C=N\NC(=O)CN2CCN(Cc3ccccc3Cl)CC2)cc(OC)c1OC(C)=O. The molecule has 1 fully saturated rings. The molecule has 1 aliphatic rings. The van der Waals surface area contributed by atoms with E-state index in [1.165, 1.54) is 27.4 Å². The van der Waals surface area contributed by atoms with Crippen LogP contribution >= 0.6 is 11.6 Å². The number of nitrogens with zero attached hydrogens (tertiary/aromatic N) is 3. The Morgan fingerprint density at radius 1 is 1.06 bits per heavy atom. The second-order valence-electron chi connectivity index (χ2n) is 7.79. The third kappa shape index (κ3) is 7.18. The number of nitrogens with one attached hydrogen (secondary N) is 1. The number of piperazine rings is 1. The third-order valence-electron chi connectivity index (χ3n) is 5.32. The van der Waals surface area contributed by atoms with Crippen molar-refractivity contribution in [3.8, 4) is 17.2 Å². The molecule has 2 aromatic rings. The Balaban J connectivity index is 1.49. The molecule has 3 rings (SSSR count). The van der Waals surface area contributed by atoms with Crippen LogP contribution < -0.4 is 19.6 Å². The summed E-state index contributed by atoms with van der Waals surface area (Å²) in [5.41, 5.74) is 4.27. The predicted octanol–water partition coefficient (Wildman–Crippen LogP) is 2.55. The second kappa shape index (κ2) is 12.4. The average molecular weight is 489 g/mol. The molecule has 9 nitrogen and oxygen atoms in total. The highest BCUT2D eigenvalue weighted by atomic mass is 35.5. The van der Waals surface area contributed by atoms with Crippen LogP contribution in [0.15, 0.2) is 41.5 Å². The van der Waals surface area contributed by atoms with Crippen LogP contribution in [-0.4, -0.2) is 74.8 Å². The third-order valence-corrected chi connectivity index (χ3v) is 5.68. The molecule has 0 atom stereocenters. The summed E-state index contributed by atoms with van der Waals surface area (Å²) in [6.45, 7) is 5.64. The Hall–Kier alpha value is -3.14. The van der Waals surface area contributed by atoms with Gasteiger partial charge in [-0.3, -0.25) is 19.4 Å². The van der Waals surface area contributed by atoms with Crippen LogP contribution in [0.5, 0.6) is 17.2 Å². The molecule has 1 heterocycles. The first-order valence-corrected chi connectivity index (χ1v) is 11.2. The topological polar surface area (TPSA) is 92.7 Å². The van der Waals surface area contributed by atoms with Gasteiger partial charge in [-0.1, -0.05) is 29.8 Å². The van der Waals surface area contributed by atoms with Gasteiger partial charge in [0.1, 0.15) is 0 Å². The minimum Gasteiger partial charge on any atom is -0.493 e. The fourth-order valence-corrected chi connectivity index (χ4v) is 3.80. The number of methoxy groups -OCH3 is 2. The molecule has 1 aliphatic heterocycles. The molecule has 0 unspecified atom stereocenters. The van der Waals surface area contributed by atoms with Crippen molar-refractivity contribution in [1.29, 1.82) is 0 Å². The quantitative estimate of drug-likeness (QED) is 0.251. The normalized spacial score (nSPS) is 14.7. The van der Waals surface area contributed by atoms with Gasteiger partial charge < -0.3 is 14.2 Å². The number of hydrogen-bond acceptors (Lipinski definition) is 8. The van der Waals surface area contributed by atoms with Crippen molar-refractivity contribution in [2.24, 2.45) is 5.10 Å². The van der Waals surface area contributed by atoms with Gasteiger partial charge in [-0.05, 0) is 23.8 Å². The van der Waals surface area contributed by atoms with Crippen molar-refractivity contribution in [3.63, 3.8) is 0 Å². The van der Waals surface area contributed by atoms with Crippen LogP contribution in [-0.2, 0) is 16.1 Å². The van der Waals surface area contributed by atoms with E-state index in [0.717, 1.165) is 43.3 Å². The summed E-state index contributed by atoms with van der Waals surface area (Å²) in [6, 6.07) is 11.1. The minimum absolute atomic E-state index is 0.187. The summed E-state index contributed by atoms with van der Waals surface area (Å²) in [7, 11) is 2.91. The maximum Gasteiger partial charge on any atom is 0.308 e. The van der Waals surface area contributed by atoms with Gasteiger partial charge in [0, 0.05) is 50.2 Å². The summed E-state index contributed by atoms with van der Waals surface area (Å²) in [5.74, 6) is 0.127. The van der Waals surface area contributed by atoms with Crippen molar-refractivity contribution in [3.05, 3.63) is 52.5 Å². The van der Waals surface area contributed by atoms with Crippen LogP contribution in [0.3, 0.4) is 0 Å². The highest BCUT2D eigenvalue weighted by Gasteiger charge is 2.20. The van der Waals surface area contributed by atoms with E-state index in [-0.39, 0.29) is 18.2 Å². The summed E-state index contributed by atoms with van der Waals surface area (Å²) >= 11 is 6.26. The first kappa shape index (κ1) is 25.5. The van der Waals surface area contributed by atoms with Crippen LogP contribution in [0, 0.1) is 0 Å². The van der Waals surface area contributed by atoms with E-state index < -0.39 is 5.97 Å². The fraction of sp³-hybridized carbons (Fsp3) is 0.375. The van der Waals surface area contributed by atoms with Gasteiger partial charge in [0.15, 0.2) is 11.5 Å². The lowest BCUT2D eigenvalue weighted by Gasteiger charge is -2.34. The highest BCUT2D eigenvalue weighted by molar-refractivity contribution is 6.31. The zero-order chi connectivity index (χ0) is 24.5. The molecule has 0 aromatic heterocycles. The van der Waals surface area contributed by atoms with Gasteiger partial charge in [0.05, 0.1) is 27.0 Å². The van der Waals surface area contributed by atoms with E-state index in [2.05, 4.69) is 20.3 Å². The number of hydrogen-bond donors (Lipinski definition) is 1. The lowest BCUT2D eigenvalue weighted by molar-refractivity contribution is -0.132. The first-order chi connectivity index (χ1) is 16.4. The van der Waals surface area contributed by atoms with Crippen LogP contribution in [0.4, 0.5) is 0 Å². The molecule has 0 aliphatic carbocycles. The number of rotatable bonds is 9. The van der Waals surface area contributed by atoms with Gasteiger partial charge in [0.25, 0.3) is 5.91 Å². The lowest BCUT2D eigenvalue weighted by Crippen LogP contribution is -2.48. The molecule has 1 saturated heterocycles. The summed E-state index contributed by atoms with van der Waals surface area (Å²) in [5, 5.41) is 4.81. The van der Waals surface area contributed by atoms with Crippen molar-refractivity contribution in [2.75, 3.05) is 46.9 Å². The Kier molecular flexibility index (Phi) is 9.26. The summed E-state index contributed by atoms with van der Waals surface area (Å²) in [6.07, 6.45) is 1.47. The molecule has 34 heavy (non-hydrogen) atoms. The maximum atomic E-state index is 12.3. The number of hydrazone groups is 1. The summed E-state index contributed by atoms with van der Waals surface area (Å²) < 4.78 is 15.7. The molecule has 0 spiro atoms. The Morgan fingerprint density at radius 2 is 1.68 bits per heavy atom. The van der Waals surface area contributed by atoms with Gasteiger partial charge in [-0.15, -0.1) is 0 Å². The van der Waals surface area contributed by atoms with Crippen LogP contribution in [0.2, 0.25) is 5.02 Å². The number of halogens is 1. The van der Waals surface area contributed by atoms with Gasteiger partial charge in [-0.25, -0.2) is 5.43 Å². The van der Waals surface area contributed by atoms with Gasteiger partial charge >= 0.3 is 5.97 Å². The maximum absolute atomic E-state index is 12.3. The van der Waals surface area contributed by atoms with E-state index in [1.807, 2.05) is 24.3 Å². The first-order valence-electron chi connectivity index (χ1n) is 10.8. The number of carbonyl (C=O) groups excluding carboxylic acids is 2. The average Bonchev–Trinajstić information content (AvgIpc) is 2.82. The molecular weight excluding hydrogens is 460 g/mol. The van der Waals surface area contributed by atoms with E-state index >= 15 is 0 Å². The Bertz CT molecular complexity index is 1010. The Morgan fingerprint density at radius 3 is 2.26 bits per heavy atom. The zero-order valence-electron chi connectivity index (χ0n) is 19.5. The van der Waals surface area contributed by atoms with Crippen molar-refractivity contribution in [1.82, 2.24) is 15.2 Å². The van der Waals surface area contributed by atoms with Crippen molar-refractivity contribution in [2.45, 2.75) is 13.5 Å². The lowest BCUT2D eigenvalue weighted by atomic mass is 10.2. The minimum atomic E-state index is -0.491. The van der Waals surface area contributed by atoms with E-state index in [9.17, 15) is 9.59 Å². The molecule has 0 saturated carbocycles. The van der Waals surface area contributed by atoms with Crippen molar-refractivity contribution < 1.29 is 23.8 Å². The summed E-state index contributed by atoms with van der Waals surface area (Å²) in [4.78, 5) is 28.1. The molecule has 1 amide bonds. The second-order valence-corrected chi connectivity index (χ2v) is 8.19. The smallest absolute Gasteiger partial charge is 0.308 e. The molecule has 0 bridgehead atoms. The number of carbonyl (C=O) groups is 2. The fourth-order valence-electron chi connectivity index (χ4n) is 3.61. The molecule has 2 aromatic carbocycles. The van der Waals surface area contributed by atoms with Crippen LogP contribution in [0.1, 0.15) is 18.1 Å². The molecule has 10 heteroatoms. The monoisotopic (exact) mass is 488 g/mol. The molecule has 0 radical (unpaired) electrons. The number of amides is 1. The molecule has 1 N–H and O–H groups in total. The number of esters is 1.